The predicted molar refractivity (Wildman–Crippen MR) is 129 cm³/mol. The predicted octanol–water partition coefficient (Wildman–Crippen LogP) is 5.99. The molecular formula is C27H44N4O2. The molecule has 0 bridgehead atoms. The van der Waals surface area contributed by atoms with Crippen molar-refractivity contribution < 1.29 is 9.90 Å². The van der Waals surface area contributed by atoms with Crippen LogP contribution in [0.15, 0.2) is 5.11 Å². The van der Waals surface area contributed by atoms with E-state index in [-0.39, 0.29) is 23.5 Å². The summed E-state index contributed by atoms with van der Waals surface area (Å²) >= 11 is 0. The zero-order chi connectivity index (χ0) is 23.4. The minimum atomic E-state index is -0.221. The first-order valence-electron chi connectivity index (χ1n) is 13.8. The van der Waals surface area contributed by atoms with Crippen LogP contribution in [0.2, 0.25) is 0 Å². The molecule has 10 atom stereocenters. The van der Waals surface area contributed by atoms with Crippen LogP contribution >= 0.6 is 0 Å². The summed E-state index contributed by atoms with van der Waals surface area (Å²) < 4.78 is 0. The van der Waals surface area contributed by atoms with Gasteiger partial charge in [-0.25, -0.2) is 0 Å². The molecule has 0 heterocycles. The maximum atomic E-state index is 12.3. The van der Waals surface area contributed by atoms with Gasteiger partial charge in [0, 0.05) is 23.4 Å². The maximum absolute atomic E-state index is 12.3. The summed E-state index contributed by atoms with van der Waals surface area (Å²) in [4.78, 5) is 15.3. The lowest BCUT2D eigenvalue weighted by molar-refractivity contribution is -0.166. The van der Waals surface area contributed by atoms with Crippen molar-refractivity contribution in [2.75, 3.05) is 0 Å². The van der Waals surface area contributed by atoms with Gasteiger partial charge in [0.05, 0.1) is 6.10 Å². The molecule has 33 heavy (non-hydrogen) atoms. The maximum Gasteiger partial charge on any atom is 0.220 e. The van der Waals surface area contributed by atoms with Gasteiger partial charge >= 0.3 is 0 Å². The Hall–Kier alpha value is -1.26. The van der Waals surface area contributed by atoms with Gasteiger partial charge < -0.3 is 10.4 Å². The summed E-state index contributed by atoms with van der Waals surface area (Å²) in [7, 11) is 0. The number of fused-ring (bicyclic) bond motifs is 5. The Kier molecular flexibility index (Phi) is 6.23. The van der Waals surface area contributed by atoms with Crippen LogP contribution in [0.4, 0.5) is 0 Å². The second-order valence-electron chi connectivity index (χ2n) is 13.0. The number of hydrogen-bond acceptors (Lipinski definition) is 3. The molecule has 6 heteroatoms. The number of amides is 1. The van der Waals surface area contributed by atoms with Crippen molar-refractivity contribution in [3.8, 4) is 0 Å². The van der Waals surface area contributed by atoms with Gasteiger partial charge in [-0.3, -0.25) is 4.79 Å². The van der Waals surface area contributed by atoms with Crippen LogP contribution in [0, 0.1) is 46.3 Å². The zero-order valence-electron chi connectivity index (χ0n) is 20.9. The van der Waals surface area contributed by atoms with E-state index in [4.69, 9.17) is 5.53 Å². The van der Waals surface area contributed by atoms with E-state index in [1.54, 1.807) is 0 Å². The van der Waals surface area contributed by atoms with Gasteiger partial charge in [0.15, 0.2) is 0 Å². The highest BCUT2D eigenvalue weighted by atomic mass is 16.3. The number of aliphatic hydroxyl groups excluding tert-OH is 1. The Bertz CT molecular complexity index is 808. The molecule has 5 aliphatic rings. The second-order valence-corrected chi connectivity index (χ2v) is 13.0. The number of azide groups is 1. The Morgan fingerprint density at radius 3 is 2.55 bits per heavy atom. The molecule has 6 nitrogen and oxygen atoms in total. The van der Waals surface area contributed by atoms with Crippen molar-refractivity contribution in [2.45, 2.75) is 116 Å². The standard InChI is InChI=1S/C27H44N4O2/c1-16(4-9-24(33)29-18-5-6-18)20-7-8-21-25-22(11-13-27(20,21)3)26(2)12-10-19(30-31-28)14-17(26)15-23(25)32/h16-23,25,32H,4-15H2,1-3H3,(H,29,33)/t16-,17+,19?,20-,21+,22+,23-,25+,26+,27-/m1/s1. The van der Waals surface area contributed by atoms with Gasteiger partial charge in [-0.05, 0) is 122 Å². The normalized spacial score (nSPS) is 47.5. The fraction of sp³-hybridized carbons (Fsp3) is 0.963. The van der Waals surface area contributed by atoms with E-state index in [9.17, 15) is 9.90 Å². The van der Waals surface area contributed by atoms with Crippen LogP contribution in [0.5, 0.6) is 0 Å². The highest BCUT2D eigenvalue weighted by Crippen LogP contribution is 2.68. The van der Waals surface area contributed by atoms with Crippen LogP contribution in [-0.2, 0) is 4.79 Å². The molecule has 0 aromatic carbocycles. The van der Waals surface area contributed by atoms with E-state index < -0.39 is 0 Å². The third-order valence-electron chi connectivity index (χ3n) is 11.4. The minimum absolute atomic E-state index is 0.111. The number of rotatable bonds is 6. The van der Waals surface area contributed by atoms with Crippen molar-refractivity contribution in [1.29, 1.82) is 0 Å². The van der Waals surface area contributed by atoms with Crippen molar-refractivity contribution in [3.05, 3.63) is 10.4 Å². The molecule has 1 unspecified atom stereocenters. The first-order chi connectivity index (χ1) is 15.8. The first-order valence-corrected chi connectivity index (χ1v) is 13.8. The zero-order valence-corrected chi connectivity index (χ0v) is 20.9. The SMILES string of the molecule is C[C@H](CCC(=O)NC1CC1)[C@H]1CC[C@H]2[C@@H]3[C@H](O)C[C@@H]4CC(N=[N+]=[N-])CC[C@]4(C)[C@H]3CC[C@]12C. The van der Waals surface area contributed by atoms with Crippen LogP contribution in [0.1, 0.15) is 97.8 Å². The molecule has 5 saturated carbocycles. The van der Waals surface area contributed by atoms with Crippen molar-refractivity contribution in [2.24, 2.45) is 51.5 Å². The van der Waals surface area contributed by atoms with Crippen LogP contribution in [0.3, 0.4) is 0 Å². The molecule has 0 aromatic heterocycles. The minimum Gasteiger partial charge on any atom is -0.393 e. The molecule has 0 saturated heterocycles. The topological polar surface area (TPSA) is 98.1 Å². The fourth-order valence-electron chi connectivity index (χ4n) is 9.44. The van der Waals surface area contributed by atoms with Crippen molar-refractivity contribution in [3.63, 3.8) is 0 Å². The lowest BCUT2D eigenvalue weighted by Gasteiger charge is -2.62. The average molecular weight is 457 g/mol. The number of carbonyl (C=O) groups excluding carboxylic acids is 1. The molecule has 5 rings (SSSR count). The molecular weight excluding hydrogens is 412 g/mol. The smallest absolute Gasteiger partial charge is 0.220 e. The van der Waals surface area contributed by atoms with E-state index in [0.29, 0.717) is 53.4 Å². The molecule has 5 fully saturated rings. The van der Waals surface area contributed by atoms with Gasteiger partial charge in [-0.1, -0.05) is 25.9 Å². The lowest BCUT2D eigenvalue weighted by atomic mass is 9.43. The number of nitrogens with one attached hydrogen (secondary N) is 1. The molecule has 2 N–H and O–H groups in total. The van der Waals surface area contributed by atoms with Gasteiger partial charge in [0.1, 0.15) is 0 Å². The first kappa shape index (κ1) is 23.5. The quantitative estimate of drug-likeness (QED) is 0.291. The number of hydrogen-bond donors (Lipinski definition) is 2. The summed E-state index contributed by atoms with van der Waals surface area (Å²) in [6.07, 6.45) is 12.7. The molecule has 0 radical (unpaired) electrons. The van der Waals surface area contributed by atoms with E-state index in [2.05, 4.69) is 36.1 Å². The third-order valence-corrected chi connectivity index (χ3v) is 11.4. The fourth-order valence-corrected chi connectivity index (χ4v) is 9.44. The largest absolute Gasteiger partial charge is 0.393 e. The highest BCUT2D eigenvalue weighted by molar-refractivity contribution is 5.76. The summed E-state index contributed by atoms with van der Waals surface area (Å²) in [6.45, 7) is 7.39. The summed E-state index contributed by atoms with van der Waals surface area (Å²) in [5, 5.41) is 18.7. The molecule has 0 aliphatic heterocycles. The van der Waals surface area contributed by atoms with E-state index in [1.165, 1.54) is 25.7 Å². The number of aliphatic hydroxyl groups is 1. The Labute approximate surface area is 199 Å². The molecule has 1 amide bonds. The highest BCUT2D eigenvalue weighted by Gasteiger charge is 2.62. The second kappa shape index (κ2) is 8.75. The molecule has 0 aromatic rings. The van der Waals surface area contributed by atoms with Gasteiger partial charge in [-0.15, -0.1) is 0 Å². The lowest BCUT2D eigenvalue weighted by Crippen LogP contribution is -2.58. The van der Waals surface area contributed by atoms with E-state index >= 15 is 0 Å². The van der Waals surface area contributed by atoms with Gasteiger partial charge in [0.2, 0.25) is 5.91 Å². The van der Waals surface area contributed by atoms with Gasteiger partial charge in [0.25, 0.3) is 0 Å². The van der Waals surface area contributed by atoms with E-state index in [1.807, 2.05) is 0 Å². The van der Waals surface area contributed by atoms with Crippen molar-refractivity contribution >= 4 is 5.91 Å². The van der Waals surface area contributed by atoms with Crippen LogP contribution in [-0.4, -0.2) is 29.2 Å². The molecule has 184 valence electrons. The van der Waals surface area contributed by atoms with Gasteiger partial charge in [-0.2, -0.15) is 0 Å². The van der Waals surface area contributed by atoms with Crippen LogP contribution < -0.4 is 5.32 Å². The Morgan fingerprint density at radius 2 is 1.82 bits per heavy atom. The summed E-state index contributed by atoms with van der Waals surface area (Å²) in [6, 6.07) is 0.565. The van der Waals surface area contributed by atoms with E-state index in [0.717, 1.165) is 44.9 Å². The Morgan fingerprint density at radius 1 is 1.09 bits per heavy atom. The Balaban J connectivity index is 1.28. The third kappa shape index (κ3) is 4.10. The van der Waals surface area contributed by atoms with Crippen LogP contribution in [0.25, 0.3) is 10.4 Å². The monoisotopic (exact) mass is 456 g/mol. The molecule has 0 spiro atoms. The summed E-state index contributed by atoms with van der Waals surface area (Å²) in [5.74, 6) is 3.55. The van der Waals surface area contributed by atoms with Crippen molar-refractivity contribution in [1.82, 2.24) is 5.32 Å². The molecule has 5 aliphatic carbocycles. The number of carbonyl (C=O) groups is 1. The summed E-state index contributed by atoms with van der Waals surface area (Å²) in [5.41, 5.74) is 9.48. The number of nitrogens with zero attached hydrogens (tertiary/aromatic N) is 3. The average Bonchev–Trinajstić information content (AvgIpc) is 3.51.